The predicted molar refractivity (Wildman–Crippen MR) is 53.8 cm³/mol. The number of rotatable bonds is 6. The fourth-order valence-electron chi connectivity index (χ4n) is 0.913. The highest BCUT2D eigenvalue weighted by Crippen LogP contribution is 2.03. The van der Waals surface area contributed by atoms with Gasteiger partial charge in [0.2, 0.25) is 15.9 Å². The molecule has 0 aromatic heterocycles. The maximum Gasteiger partial charge on any atom is 0.235 e. The molecule has 0 aliphatic heterocycles. The second-order valence-electron chi connectivity index (χ2n) is 3.05. The standard InChI is InChI=1S/C7H17N3O3S/c1-3-6(4-8)14(12,13)10-5(2)7(9)11/h5-6,10H,3-4,8H2,1-2H3,(H2,9,11). The number of carbonyl (C=O) groups is 1. The lowest BCUT2D eigenvalue weighted by atomic mass is 10.3. The molecule has 0 heterocycles. The molecule has 0 aromatic carbocycles. The number of nitrogens with two attached hydrogens (primary N) is 2. The minimum atomic E-state index is -3.54. The molecular weight excluding hydrogens is 206 g/mol. The predicted octanol–water partition coefficient (Wildman–Crippen LogP) is -1.48. The molecule has 2 unspecified atom stereocenters. The third-order valence-corrected chi connectivity index (χ3v) is 4.01. The first-order valence-corrected chi connectivity index (χ1v) is 5.90. The van der Waals surface area contributed by atoms with Crippen LogP contribution in [0.3, 0.4) is 0 Å². The molecule has 0 saturated heterocycles. The Labute approximate surface area is 84.1 Å². The van der Waals surface area contributed by atoms with Gasteiger partial charge in [0.25, 0.3) is 0 Å². The first-order chi connectivity index (χ1) is 6.35. The average Bonchev–Trinajstić information content (AvgIpc) is 2.04. The second-order valence-corrected chi connectivity index (χ2v) is 5.05. The van der Waals surface area contributed by atoms with Crippen LogP contribution in [0.4, 0.5) is 0 Å². The van der Waals surface area contributed by atoms with E-state index >= 15 is 0 Å². The Hall–Kier alpha value is -0.660. The summed E-state index contributed by atoms with van der Waals surface area (Å²) < 4.78 is 25.2. The normalized spacial score (nSPS) is 16.2. The monoisotopic (exact) mass is 223 g/mol. The highest BCUT2D eigenvalue weighted by atomic mass is 32.2. The van der Waals surface area contributed by atoms with Gasteiger partial charge < -0.3 is 11.5 Å². The minimum absolute atomic E-state index is 0.0251. The van der Waals surface area contributed by atoms with Crippen molar-refractivity contribution >= 4 is 15.9 Å². The summed E-state index contributed by atoms with van der Waals surface area (Å²) in [4.78, 5) is 10.6. The molecule has 2 atom stereocenters. The van der Waals surface area contributed by atoms with Gasteiger partial charge in [0.15, 0.2) is 0 Å². The minimum Gasteiger partial charge on any atom is -0.368 e. The van der Waals surface area contributed by atoms with Crippen LogP contribution in [-0.2, 0) is 14.8 Å². The van der Waals surface area contributed by atoms with E-state index in [4.69, 9.17) is 11.5 Å². The van der Waals surface area contributed by atoms with Gasteiger partial charge in [-0.3, -0.25) is 4.79 Å². The Bertz CT molecular complexity index is 285. The molecule has 14 heavy (non-hydrogen) atoms. The van der Waals surface area contributed by atoms with Crippen LogP contribution in [0.15, 0.2) is 0 Å². The van der Waals surface area contributed by atoms with Crippen LogP contribution < -0.4 is 16.2 Å². The summed E-state index contributed by atoms with van der Waals surface area (Å²) in [5.41, 5.74) is 10.2. The van der Waals surface area contributed by atoms with Crippen molar-refractivity contribution in [1.29, 1.82) is 0 Å². The Morgan fingerprint density at radius 3 is 2.29 bits per heavy atom. The third kappa shape index (κ3) is 3.60. The van der Waals surface area contributed by atoms with E-state index in [2.05, 4.69) is 4.72 Å². The average molecular weight is 223 g/mol. The summed E-state index contributed by atoms with van der Waals surface area (Å²) in [5, 5.41) is -0.677. The van der Waals surface area contributed by atoms with Crippen LogP contribution in [-0.4, -0.2) is 32.2 Å². The van der Waals surface area contributed by atoms with Crippen molar-refractivity contribution in [3.8, 4) is 0 Å². The molecule has 0 saturated carbocycles. The van der Waals surface area contributed by atoms with E-state index < -0.39 is 27.2 Å². The lowest BCUT2D eigenvalue weighted by molar-refractivity contribution is -0.119. The molecule has 0 bridgehead atoms. The number of hydrogen-bond acceptors (Lipinski definition) is 4. The fraction of sp³-hybridized carbons (Fsp3) is 0.857. The summed E-state index contributed by atoms with van der Waals surface area (Å²) in [6.07, 6.45) is 0.400. The van der Waals surface area contributed by atoms with Gasteiger partial charge in [0.1, 0.15) is 0 Å². The Morgan fingerprint density at radius 2 is 2.00 bits per heavy atom. The second kappa shape index (κ2) is 5.28. The zero-order valence-electron chi connectivity index (χ0n) is 8.36. The van der Waals surface area contributed by atoms with E-state index in [-0.39, 0.29) is 6.54 Å². The summed E-state index contributed by atoms with van der Waals surface area (Å²) in [6.45, 7) is 3.13. The van der Waals surface area contributed by atoms with Crippen molar-refractivity contribution < 1.29 is 13.2 Å². The van der Waals surface area contributed by atoms with Crippen molar-refractivity contribution in [3.05, 3.63) is 0 Å². The van der Waals surface area contributed by atoms with Crippen molar-refractivity contribution in [2.24, 2.45) is 11.5 Å². The topological polar surface area (TPSA) is 115 Å². The van der Waals surface area contributed by atoms with Crippen molar-refractivity contribution in [2.45, 2.75) is 31.6 Å². The number of amides is 1. The lowest BCUT2D eigenvalue weighted by Gasteiger charge is -2.17. The maximum absolute atomic E-state index is 11.5. The van der Waals surface area contributed by atoms with E-state index in [0.29, 0.717) is 6.42 Å². The zero-order valence-corrected chi connectivity index (χ0v) is 9.17. The molecule has 0 aliphatic rings. The highest BCUT2D eigenvalue weighted by molar-refractivity contribution is 7.90. The first kappa shape index (κ1) is 13.3. The van der Waals surface area contributed by atoms with Gasteiger partial charge in [-0.05, 0) is 13.3 Å². The Morgan fingerprint density at radius 1 is 1.50 bits per heavy atom. The van der Waals surface area contributed by atoms with Crippen molar-refractivity contribution in [3.63, 3.8) is 0 Å². The fourth-order valence-corrected chi connectivity index (χ4v) is 2.41. The molecule has 7 heteroatoms. The maximum atomic E-state index is 11.5. The van der Waals surface area contributed by atoms with Crippen molar-refractivity contribution in [2.75, 3.05) is 6.54 Å². The van der Waals surface area contributed by atoms with Gasteiger partial charge >= 0.3 is 0 Å². The molecule has 6 nitrogen and oxygen atoms in total. The quantitative estimate of drug-likeness (QED) is 0.509. The van der Waals surface area contributed by atoms with Crippen LogP contribution in [0.2, 0.25) is 0 Å². The van der Waals surface area contributed by atoms with E-state index in [1.54, 1.807) is 6.92 Å². The van der Waals surface area contributed by atoms with Crippen LogP contribution in [0.1, 0.15) is 20.3 Å². The van der Waals surface area contributed by atoms with Crippen LogP contribution in [0, 0.1) is 0 Å². The lowest BCUT2D eigenvalue weighted by Crippen LogP contribution is -2.47. The molecule has 0 spiro atoms. The molecular formula is C7H17N3O3S. The molecule has 5 N–H and O–H groups in total. The van der Waals surface area contributed by atoms with Gasteiger partial charge in [0, 0.05) is 6.54 Å². The first-order valence-electron chi connectivity index (χ1n) is 4.35. The molecule has 1 amide bonds. The van der Waals surface area contributed by atoms with Crippen LogP contribution >= 0.6 is 0 Å². The van der Waals surface area contributed by atoms with Gasteiger partial charge in [-0.15, -0.1) is 0 Å². The number of nitrogens with one attached hydrogen (secondary N) is 1. The number of sulfonamides is 1. The van der Waals surface area contributed by atoms with Gasteiger partial charge in [-0.2, -0.15) is 0 Å². The highest BCUT2D eigenvalue weighted by Gasteiger charge is 2.25. The number of carbonyl (C=O) groups excluding carboxylic acids is 1. The van der Waals surface area contributed by atoms with Gasteiger partial charge in [0.05, 0.1) is 11.3 Å². The summed E-state index contributed by atoms with van der Waals surface area (Å²) >= 11 is 0. The summed E-state index contributed by atoms with van der Waals surface area (Å²) in [7, 11) is -3.54. The summed E-state index contributed by atoms with van der Waals surface area (Å²) in [5.74, 6) is -0.708. The van der Waals surface area contributed by atoms with E-state index in [1.165, 1.54) is 6.92 Å². The molecule has 0 aliphatic carbocycles. The van der Waals surface area contributed by atoms with Crippen molar-refractivity contribution in [1.82, 2.24) is 4.72 Å². The van der Waals surface area contributed by atoms with Crippen LogP contribution in [0.5, 0.6) is 0 Å². The Kier molecular flexibility index (Phi) is 5.03. The van der Waals surface area contributed by atoms with Crippen LogP contribution in [0.25, 0.3) is 0 Å². The number of primary amides is 1. The van der Waals surface area contributed by atoms with Gasteiger partial charge in [-0.25, -0.2) is 13.1 Å². The Balaban J connectivity index is 4.56. The zero-order chi connectivity index (χ0) is 11.4. The van der Waals surface area contributed by atoms with Gasteiger partial charge in [-0.1, -0.05) is 6.92 Å². The molecule has 0 fully saturated rings. The number of hydrogen-bond donors (Lipinski definition) is 3. The van der Waals surface area contributed by atoms with E-state index in [0.717, 1.165) is 0 Å². The summed E-state index contributed by atoms with van der Waals surface area (Å²) in [6, 6.07) is -0.902. The smallest absolute Gasteiger partial charge is 0.235 e. The van der Waals surface area contributed by atoms with E-state index in [1.807, 2.05) is 0 Å². The molecule has 0 rings (SSSR count). The molecule has 84 valence electrons. The van der Waals surface area contributed by atoms with E-state index in [9.17, 15) is 13.2 Å². The molecule has 0 aromatic rings. The molecule has 0 radical (unpaired) electrons. The third-order valence-electron chi connectivity index (χ3n) is 1.92. The largest absolute Gasteiger partial charge is 0.368 e. The SMILES string of the molecule is CCC(CN)S(=O)(=O)NC(C)C(N)=O.